The van der Waals surface area contributed by atoms with E-state index in [1.807, 2.05) is 0 Å². The Morgan fingerprint density at radius 3 is 2.76 bits per heavy atom. The minimum absolute atomic E-state index is 0.0177. The summed E-state index contributed by atoms with van der Waals surface area (Å²) in [4.78, 5) is 15.9. The van der Waals surface area contributed by atoms with Crippen molar-refractivity contribution in [2.24, 2.45) is 0 Å². The highest BCUT2D eigenvalue weighted by Gasteiger charge is 2.38. The summed E-state index contributed by atoms with van der Waals surface area (Å²) < 4.78 is 18.9. The van der Waals surface area contributed by atoms with E-state index in [0.717, 1.165) is 13.0 Å². The second kappa shape index (κ2) is 10.3. The molecule has 1 amide bonds. The van der Waals surface area contributed by atoms with Gasteiger partial charge in [-0.25, -0.2) is 9.37 Å². The van der Waals surface area contributed by atoms with Crippen LogP contribution in [0.15, 0.2) is 18.3 Å². The number of halogens is 1. The van der Waals surface area contributed by atoms with E-state index < -0.39 is 12.2 Å². The first-order valence-corrected chi connectivity index (χ1v) is 9.35. The number of carbonyl (C=O) groups excluding carboxylic acids is 1. The van der Waals surface area contributed by atoms with Crippen LogP contribution < -0.4 is 10.6 Å². The van der Waals surface area contributed by atoms with Crippen molar-refractivity contribution >= 4 is 11.7 Å². The number of amides is 1. The van der Waals surface area contributed by atoms with E-state index in [2.05, 4.69) is 22.5 Å². The van der Waals surface area contributed by atoms with Crippen molar-refractivity contribution in [1.29, 1.82) is 0 Å². The fourth-order valence-corrected chi connectivity index (χ4v) is 3.09. The zero-order chi connectivity index (χ0) is 18.0. The summed E-state index contributed by atoms with van der Waals surface area (Å²) in [5.74, 6) is 0.412. The number of aromatic nitrogens is 1. The van der Waals surface area contributed by atoms with Crippen LogP contribution in [-0.4, -0.2) is 37.3 Å². The van der Waals surface area contributed by atoms with E-state index in [0.29, 0.717) is 11.4 Å². The molecule has 140 valence electrons. The molecule has 1 aliphatic rings. The summed E-state index contributed by atoms with van der Waals surface area (Å²) in [6.45, 7) is 2.48. The highest BCUT2D eigenvalue weighted by molar-refractivity contribution is 5.79. The first kappa shape index (κ1) is 19.6. The molecule has 0 radical (unpaired) electrons. The van der Waals surface area contributed by atoms with Gasteiger partial charge in [-0.2, -0.15) is 0 Å². The van der Waals surface area contributed by atoms with E-state index in [-0.39, 0.29) is 19.1 Å². The van der Waals surface area contributed by atoms with Gasteiger partial charge in [0.1, 0.15) is 24.6 Å². The Morgan fingerprint density at radius 2 is 2.04 bits per heavy atom. The SMILES string of the molecule is CCCCCCCCCNc1cc(C2(CF)COCC(=O)N2)ccn1. The summed E-state index contributed by atoms with van der Waals surface area (Å²) in [7, 11) is 0. The minimum atomic E-state index is -1.10. The number of anilines is 1. The lowest BCUT2D eigenvalue weighted by Gasteiger charge is -2.35. The maximum atomic E-state index is 13.7. The van der Waals surface area contributed by atoms with Crippen molar-refractivity contribution < 1.29 is 13.9 Å². The third kappa shape index (κ3) is 5.96. The van der Waals surface area contributed by atoms with Gasteiger partial charge in [0.2, 0.25) is 5.91 Å². The van der Waals surface area contributed by atoms with Crippen LogP contribution in [0.25, 0.3) is 0 Å². The van der Waals surface area contributed by atoms with Gasteiger partial charge in [-0.3, -0.25) is 4.79 Å². The van der Waals surface area contributed by atoms with Crippen molar-refractivity contribution in [3.63, 3.8) is 0 Å². The second-order valence-electron chi connectivity index (χ2n) is 6.73. The second-order valence-corrected chi connectivity index (χ2v) is 6.73. The van der Waals surface area contributed by atoms with Crippen LogP contribution in [0.2, 0.25) is 0 Å². The van der Waals surface area contributed by atoms with Crippen LogP contribution in [0.5, 0.6) is 0 Å². The van der Waals surface area contributed by atoms with E-state index in [9.17, 15) is 9.18 Å². The van der Waals surface area contributed by atoms with Crippen molar-refractivity contribution in [2.45, 2.75) is 57.4 Å². The van der Waals surface area contributed by atoms with Gasteiger partial charge >= 0.3 is 0 Å². The molecular weight excluding hydrogens is 321 g/mol. The number of alkyl halides is 1. The van der Waals surface area contributed by atoms with E-state index in [1.54, 1.807) is 18.3 Å². The van der Waals surface area contributed by atoms with Gasteiger partial charge in [-0.1, -0.05) is 45.4 Å². The number of rotatable bonds is 11. The molecule has 25 heavy (non-hydrogen) atoms. The average Bonchev–Trinajstić information content (AvgIpc) is 2.64. The van der Waals surface area contributed by atoms with Crippen LogP contribution in [0.1, 0.15) is 57.4 Å². The number of ether oxygens (including phenoxy) is 1. The third-order valence-electron chi connectivity index (χ3n) is 4.59. The summed E-state index contributed by atoms with van der Waals surface area (Å²) in [6.07, 6.45) is 10.4. The number of pyridine rings is 1. The predicted octanol–water partition coefficient (Wildman–Crippen LogP) is 3.56. The number of morpholine rings is 1. The van der Waals surface area contributed by atoms with Crippen LogP contribution in [-0.2, 0) is 15.1 Å². The zero-order valence-electron chi connectivity index (χ0n) is 15.2. The normalized spacial score (nSPS) is 20.3. The number of nitrogens with one attached hydrogen (secondary N) is 2. The Bertz CT molecular complexity index is 541. The maximum absolute atomic E-state index is 13.7. The molecule has 1 saturated heterocycles. The third-order valence-corrected chi connectivity index (χ3v) is 4.59. The van der Waals surface area contributed by atoms with E-state index in [1.165, 1.54) is 38.5 Å². The molecule has 0 spiro atoms. The quantitative estimate of drug-likeness (QED) is 0.599. The Balaban J connectivity index is 1.81. The first-order valence-electron chi connectivity index (χ1n) is 9.35. The zero-order valence-corrected chi connectivity index (χ0v) is 15.2. The summed E-state index contributed by atoms with van der Waals surface area (Å²) in [5, 5.41) is 6.02. The van der Waals surface area contributed by atoms with Crippen molar-refractivity contribution in [3.8, 4) is 0 Å². The molecule has 2 heterocycles. The van der Waals surface area contributed by atoms with Crippen molar-refractivity contribution in [2.75, 3.05) is 31.7 Å². The van der Waals surface area contributed by atoms with Crippen LogP contribution in [0.3, 0.4) is 0 Å². The summed E-state index contributed by atoms with van der Waals surface area (Å²) in [5.41, 5.74) is -0.423. The predicted molar refractivity (Wildman–Crippen MR) is 97.3 cm³/mol. The number of unbranched alkanes of at least 4 members (excludes halogenated alkanes) is 6. The Morgan fingerprint density at radius 1 is 1.28 bits per heavy atom. The molecule has 1 unspecified atom stereocenters. The molecule has 2 rings (SSSR count). The fourth-order valence-electron chi connectivity index (χ4n) is 3.09. The molecule has 2 N–H and O–H groups in total. The van der Waals surface area contributed by atoms with Gasteiger partial charge < -0.3 is 15.4 Å². The monoisotopic (exact) mass is 351 g/mol. The topological polar surface area (TPSA) is 63.2 Å². The lowest BCUT2D eigenvalue weighted by molar-refractivity contribution is -0.136. The molecule has 1 aliphatic heterocycles. The van der Waals surface area contributed by atoms with Crippen LogP contribution in [0.4, 0.5) is 10.2 Å². The molecule has 1 fully saturated rings. The molecule has 5 nitrogen and oxygen atoms in total. The smallest absolute Gasteiger partial charge is 0.246 e. The van der Waals surface area contributed by atoms with E-state index >= 15 is 0 Å². The largest absolute Gasteiger partial charge is 0.370 e. The number of nitrogens with zero attached hydrogens (tertiary/aromatic N) is 1. The number of hydrogen-bond donors (Lipinski definition) is 2. The highest BCUT2D eigenvalue weighted by atomic mass is 19.1. The number of carbonyl (C=O) groups is 1. The van der Waals surface area contributed by atoms with Crippen LogP contribution in [0, 0.1) is 0 Å². The van der Waals surface area contributed by atoms with Crippen LogP contribution >= 0.6 is 0 Å². The first-order chi connectivity index (χ1) is 12.2. The fraction of sp³-hybridized carbons (Fsp3) is 0.684. The molecule has 1 aromatic heterocycles. The minimum Gasteiger partial charge on any atom is -0.370 e. The lowest BCUT2D eigenvalue weighted by atomic mass is 9.91. The summed E-state index contributed by atoms with van der Waals surface area (Å²) >= 11 is 0. The van der Waals surface area contributed by atoms with Crippen molar-refractivity contribution in [1.82, 2.24) is 10.3 Å². The molecule has 6 heteroatoms. The molecule has 1 aromatic rings. The molecular formula is C19H30FN3O2. The Labute approximate surface area is 149 Å². The lowest BCUT2D eigenvalue weighted by Crippen LogP contribution is -2.56. The van der Waals surface area contributed by atoms with Gasteiger partial charge in [0.25, 0.3) is 0 Å². The Kier molecular flexibility index (Phi) is 8.12. The van der Waals surface area contributed by atoms with Gasteiger partial charge in [-0.15, -0.1) is 0 Å². The molecule has 0 bridgehead atoms. The van der Waals surface area contributed by atoms with Gasteiger partial charge in [0, 0.05) is 12.7 Å². The van der Waals surface area contributed by atoms with Gasteiger partial charge in [0.05, 0.1) is 6.61 Å². The average molecular weight is 351 g/mol. The van der Waals surface area contributed by atoms with Gasteiger partial charge in [0.15, 0.2) is 0 Å². The standard InChI is InChI=1S/C19H30FN3O2/c1-2-3-4-5-6-7-8-10-21-17-12-16(9-11-22-17)19(14-20)15-25-13-18(24)23-19/h9,11-12H,2-8,10,13-15H2,1H3,(H,21,22)(H,23,24). The molecule has 0 aromatic carbocycles. The molecule has 0 aliphatic carbocycles. The van der Waals surface area contributed by atoms with Gasteiger partial charge in [-0.05, 0) is 24.1 Å². The van der Waals surface area contributed by atoms with Crippen molar-refractivity contribution in [3.05, 3.63) is 23.9 Å². The Hall–Kier alpha value is -1.69. The molecule has 1 atom stereocenters. The highest BCUT2D eigenvalue weighted by Crippen LogP contribution is 2.26. The number of hydrogen-bond acceptors (Lipinski definition) is 4. The summed E-state index contributed by atoms with van der Waals surface area (Å²) in [6, 6.07) is 3.53. The molecule has 0 saturated carbocycles. The maximum Gasteiger partial charge on any atom is 0.246 e. The van der Waals surface area contributed by atoms with E-state index in [4.69, 9.17) is 4.74 Å².